The molecule has 0 spiro atoms. The monoisotopic (exact) mass is 550 g/mol. The molecule has 10 heteroatoms. The highest BCUT2D eigenvalue weighted by Gasteiger charge is 2.28. The summed E-state index contributed by atoms with van der Waals surface area (Å²) in [7, 11) is 9.69. The van der Waals surface area contributed by atoms with Crippen molar-refractivity contribution in [2.75, 3.05) is 44.1 Å². The molecule has 2 atom stereocenters. The Labute approximate surface area is 241 Å². The first kappa shape index (κ1) is 27.1. The Kier molecular flexibility index (Phi) is 7.58. The van der Waals surface area contributed by atoms with Crippen LogP contribution in [-0.4, -0.2) is 67.2 Å². The number of anilines is 2. The largest absolute Gasteiger partial charge is 0.489 e. The zero-order chi connectivity index (χ0) is 28.5. The van der Waals surface area contributed by atoms with Crippen LogP contribution in [-0.2, 0) is 13.1 Å². The molecular formula is C31H35BN6O3. The van der Waals surface area contributed by atoms with Gasteiger partial charge in [-0.2, -0.15) is 0 Å². The van der Waals surface area contributed by atoms with Crippen LogP contribution in [0.4, 0.5) is 11.5 Å². The quantitative estimate of drug-likeness (QED) is 0.335. The van der Waals surface area contributed by atoms with Crippen molar-refractivity contribution in [3.05, 3.63) is 76.3 Å². The number of nitrogens with zero attached hydrogens (tertiary/aromatic N) is 5. The summed E-state index contributed by atoms with van der Waals surface area (Å²) < 4.78 is 13.5. The van der Waals surface area contributed by atoms with Crippen molar-refractivity contribution in [2.24, 2.45) is 0 Å². The summed E-state index contributed by atoms with van der Waals surface area (Å²) in [4.78, 5) is 27.6. The number of hydrogen-bond acceptors (Lipinski definition) is 8. The maximum absolute atomic E-state index is 13.9. The molecular weight excluding hydrogens is 515 g/mol. The number of ether oxygens (including phenoxy) is 2. The van der Waals surface area contributed by atoms with Crippen molar-refractivity contribution >= 4 is 35.7 Å². The van der Waals surface area contributed by atoms with Crippen LogP contribution in [0.25, 0.3) is 10.9 Å². The molecule has 0 bridgehead atoms. The van der Waals surface area contributed by atoms with E-state index in [-0.39, 0.29) is 17.5 Å². The third-order valence-electron chi connectivity index (χ3n) is 8.19. The van der Waals surface area contributed by atoms with E-state index in [4.69, 9.17) is 17.3 Å². The molecule has 210 valence electrons. The maximum Gasteiger partial charge on any atom is 0.213 e. The highest BCUT2D eigenvalue weighted by molar-refractivity contribution is 6.33. The topological polar surface area (TPSA) is 84.8 Å². The molecule has 0 amide bonds. The van der Waals surface area contributed by atoms with Gasteiger partial charge >= 0.3 is 0 Å². The molecule has 2 unspecified atom stereocenters. The third-order valence-corrected chi connectivity index (χ3v) is 8.19. The number of piperidine rings is 1. The van der Waals surface area contributed by atoms with E-state index in [1.807, 2.05) is 43.7 Å². The molecule has 9 nitrogen and oxygen atoms in total. The highest BCUT2D eigenvalue weighted by atomic mass is 16.5. The van der Waals surface area contributed by atoms with Gasteiger partial charge in [-0.25, -0.2) is 9.97 Å². The summed E-state index contributed by atoms with van der Waals surface area (Å²) in [5, 5.41) is 3.70. The SMILES string of the molecule is [B]c1cc2c3c(c1)c(=O)c(CN(Cc1ccnc(OC)c1)C1CCCN(c4ccc(NC)nc4)C1)cn3C(C)CO2. The van der Waals surface area contributed by atoms with Gasteiger partial charge in [-0.05, 0) is 49.6 Å². The van der Waals surface area contributed by atoms with E-state index in [1.54, 1.807) is 19.4 Å². The van der Waals surface area contributed by atoms with Crippen LogP contribution in [0.5, 0.6) is 11.6 Å². The maximum atomic E-state index is 13.9. The number of aromatic nitrogens is 3. The minimum atomic E-state index is -0.000621. The molecule has 41 heavy (non-hydrogen) atoms. The van der Waals surface area contributed by atoms with Crippen molar-refractivity contribution in [2.45, 2.75) is 44.9 Å². The van der Waals surface area contributed by atoms with Gasteiger partial charge in [0.15, 0.2) is 5.43 Å². The van der Waals surface area contributed by atoms with E-state index in [0.29, 0.717) is 42.2 Å². The predicted molar refractivity (Wildman–Crippen MR) is 163 cm³/mol. The Balaban J connectivity index is 1.37. The molecule has 1 N–H and O–H groups in total. The highest BCUT2D eigenvalue weighted by Crippen LogP contribution is 2.31. The van der Waals surface area contributed by atoms with Gasteiger partial charge in [0.2, 0.25) is 5.88 Å². The van der Waals surface area contributed by atoms with E-state index in [0.717, 1.165) is 54.1 Å². The lowest BCUT2D eigenvalue weighted by molar-refractivity contribution is 0.157. The number of methoxy groups -OCH3 is 1. The van der Waals surface area contributed by atoms with E-state index in [2.05, 4.69) is 42.6 Å². The number of nitrogens with one attached hydrogen (secondary N) is 1. The molecule has 5 heterocycles. The van der Waals surface area contributed by atoms with Crippen LogP contribution in [0.2, 0.25) is 0 Å². The summed E-state index contributed by atoms with van der Waals surface area (Å²) in [6, 6.07) is 12.0. The summed E-state index contributed by atoms with van der Waals surface area (Å²) in [5.41, 5.74) is 4.29. The van der Waals surface area contributed by atoms with E-state index in [1.165, 1.54) is 0 Å². The number of rotatable bonds is 8. The van der Waals surface area contributed by atoms with Crippen LogP contribution in [0.3, 0.4) is 0 Å². The summed E-state index contributed by atoms with van der Waals surface area (Å²) in [6.07, 6.45) is 7.81. The molecule has 2 radical (unpaired) electrons. The molecule has 2 aliphatic rings. The van der Waals surface area contributed by atoms with Gasteiger partial charge in [-0.15, -0.1) is 0 Å². The first-order valence-corrected chi connectivity index (χ1v) is 14.1. The molecule has 1 fully saturated rings. The lowest BCUT2D eigenvalue weighted by Gasteiger charge is -2.40. The normalized spacial score (nSPS) is 18.4. The second-order valence-corrected chi connectivity index (χ2v) is 11.0. The van der Waals surface area contributed by atoms with E-state index < -0.39 is 0 Å². The Morgan fingerprint density at radius 3 is 2.85 bits per heavy atom. The second kappa shape index (κ2) is 11.4. The summed E-state index contributed by atoms with van der Waals surface area (Å²) in [5.74, 6) is 2.10. The van der Waals surface area contributed by atoms with E-state index >= 15 is 0 Å². The van der Waals surface area contributed by atoms with Gasteiger partial charge in [0.05, 0.1) is 30.6 Å². The Morgan fingerprint density at radius 1 is 1.20 bits per heavy atom. The molecule has 6 rings (SSSR count). The molecule has 1 aromatic carbocycles. The fraction of sp³-hybridized carbons (Fsp3) is 0.387. The molecule has 0 saturated carbocycles. The smallest absolute Gasteiger partial charge is 0.213 e. The van der Waals surface area contributed by atoms with Crippen LogP contribution in [0.1, 0.15) is 36.9 Å². The van der Waals surface area contributed by atoms with Crippen molar-refractivity contribution in [3.8, 4) is 11.6 Å². The van der Waals surface area contributed by atoms with Crippen LogP contribution in [0, 0.1) is 0 Å². The van der Waals surface area contributed by atoms with Gasteiger partial charge in [-0.3, -0.25) is 9.69 Å². The van der Waals surface area contributed by atoms with Crippen LogP contribution >= 0.6 is 0 Å². The Morgan fingerprint density at radius 2 is 2.07 bits per heavy atom. The zero-order valence-electron chi connectivity index (χ0n) is 23.8. The fourth-order valence-electron chi connectivity index (χ4n) is 6.03. The number of pyridine rings is 3. The molecule has 2 aliphatic heterocycles. The van der Waals surface area contributed by atoms with E-state index in [9.17, 15) is 4.79 Å². The minimum absolute atomic E-state index is 0.000621. The van der Waals surface area contributed by atoms with Gasteiger partial charge < -0.3 is 24.3 Å². The molecule has 3 aromatic heterocycles. The van der Waals surface area contributed by atoms with Crippen molar-refractivity contribution in [1.82, 2.24) is 19.4 Å². The Hall–Kier alpha value is -4.05. The average molecular weight is 550 g/mol. The zero-order valence-corrected chi connectivity index (χ0v) is 23.8. The standard InChI is InChI=1S/C31H35BN6O3/c1-20-19-41-27-13-23(32)12-26-30(27)38(20)17-22(31(26)39)16-37(15-21-8-9-34-29(11-21)40-3)25-5-4-10-36(18-25)24-6-7-28(33-2)35-14-24/h6-9,11-14,17,20,25H,4-5,10,15-16,18-19H2,1-3H3,(H,33,35). The van der Waals surface area contributed by atoms with Gasteiger partial charge in [-0.1, -0.05) is 11.5 Å². The van der Waals surface area contributed by atoms with Gasteiger partial charge in [0.25, 0.3) is 0 Å². The number of benzene rings is 1. The van der Waals surface area contributed by atoms with Crippen molar-refractivity contribution in [3.63, 3.8) is 0 Å². The number of hydrogen-bond donors (Lipinski definition) is 1. The lowest BCUT2D eigenvalue weighted by atomic mass is 9.93. The summed E-state index contributed by atoms with van der Waals surface area (Å²) in [6.45, 7) is 5.62. The second-order valence-electron chi connectivity index (χ2n) is 11.0. The molecule has 1 saturated heterocycles. The molecule has 4 aromatic rings. The average Bonchev–Trinajstić information content (AvgIpc) is 3.00. The molecule has 0 aliphatic carbocycles. The third kappa shape index (κ3) is 5.48. The first-order valence-electron chi connectivity index (χ1n) is 14.1. The van der Waals surface area contributed by atoms with Crippen LogP contribution in [0.15, 0.2) is 59.8 Å². The van der Waals surface area contributed by atoms with Gasteiger partial charge in [0.1, 0.15) is 26.0 Å². The lowest BCUT2D eigenvalue weighted by Crippen LogP contribution is -2.48. The van der Waals surface area contributed by atoms with Gasteiger partial charge in [0, 0.05) is 68.7 Å². The summed E-state index contributed by atoms with van der Waals surface area (Å²) >= 11 is 0. The van der Waals surface area contributed by atoms with Crippen molar-refractivity contribution in [1.29, 1.82) is 0 Å². The van der Waals surface area contributed by atoms with Crippen molar-refractivity contribution < 1.29 is 9.47 Å². The fourth-order valence-corrected chi connectivity index (χ4v) is 6.03. The van der Waals surface area contributed by atoms with Crippen LogP contribution < -0.4 is 30.6 Å². The predicted octanol–water partition coefficient (Wildman–Crippen LogP) is 3.26. The first-order chi connectivity index (χ1) is 19.9. The Bertz CT molecular complexity index is 1610. The minimum Gasteiger partial charge on any atom is -0.489 e.